The van der Waals surface area contributed by atoms with Crippen LogP contribution in [-0.2, 0) is 0 Å². The smallest absolute Gasteiger partial charge is 0.259 e. The quantitative estimate of drug-likeness (QED) is 0.428. The highest BCUT2D eigenvalue weighted by Gasteiger charge is 2.19. The molecule has 0 spiro atoms. The lowest BCUT2D eigenvalue weighted by molar-refractivity contribution is 0.404. The summed E-state index contributed by atoms with van der Waals surface area (Å²) in [6.45, 7) is 4.20. The van der Waals surface area contributed by atoms with Gasteiger partial charge in [0.1, 0.15) is 11.6 Å². The van der Waals surface area contributed by atoms with Crippen molar-refractivity contribution in [1.82, 2.24) is 15.1 Å². The second-order valence-corrected chi connectivity index (χ2v) is 7.17. The van der Waals surface area contributed by atoms with Crippen LogP contribution in [0.25, 0.3) is 23.0 Å². The summed E-state index contributed by atoms with van der Waals surface area (Å²) in [5.74, 6) is 2.29. The van der Waals surface area contributed by atoms with Crippen molar-refractivity contribution in [2.75, 3.05) is 19.5 Å². The van der Waals surface area contributed by atoms with Crippen molar-refractivity contribution < 1.29 is 9.26 Å². The number of pyridine rings is 1. The van der Waals surface area contributed by atoms with Gasteiger partial charge in [0.25, 0.3) is 5.89 Å². The molecule has 0 aliphatic rings. The number of rotatable bonds is 6. The molecule has 0 saturated heterocycles. The van der Waals surface area contributed by atoms with Crippen LogP contribution in [0.5, 0.6) is 5.75 Å². The summed E-state index contributed by atoms with van der Waals surface area (Å²) >= 11 is 0. The maximum atomic E-state index is 5.72. The van der Waals surface area contributed by atoms with Crippen LogP contribution in [0.2, 0.25) is 0 Å². The topological polar surface area (TPSA) is 73.1 Å². The molecule has 1 N–H and O–H groups in total. The van der Waals surface area contributed by atoms with E-state index in [1.165, 1.54) is 11.1 Å². The SMILES string of the molecule is CNc1ncccc1-c1noc(/C(=C\c2ccc(C)c(C)c2)c2ccccc2OC)n1. The van der Waals surface area contributed by atoms with E-state index < -0.39 is 0 Å². The molecule has 2 aromatic carbocycles. The van der Waals surface area contributed by atoms with Gasteiger partial charge in [-0.2, -0.15) is 4.98 Å². The first-order chi connectivity index (χ1) is 15.1. The maximum Gasteiger partial charge on any atom is 0.259 e. The average Bonchev–Trinajstić information content (AvgIpc) is 3.29. The van der Waals surface area contributed by atoms with Crippen molar-refractivity contribution in [2.24, 2.45) is 0 Å². The highest BCUT2D eigenvalue weighted by molar-refractivity contribution is 5.91. The molecule has 2 heterocycles. The first kappa shape index (κ1) is 20.3. The lowest BCUT2D eigenvalue weighted by Gasteiger charge is -2.10. The molecule has 6 nitrogen and oxygen atoms in total. The molecule has 0 unspecified atom stereocenters. The van der Waals surface area contributed by atoms with E-state index in [0.29, 0.717) is 17.5 Å². The standard InChI is InChI=1S/C25H24N4O2/c1-16-11-12-18(14-17(16)2)15-21(19-8-5-6-10-22(19)30-4)25-28-24(29-31-25)20-9-7-13-27-23(20)26-3/h5-15H,1-4H3,(H,26,27)/b21-15-. The largest absolute Gasteiger partial charge is 0.496 e. The number of hydrogen-bond donors (Lipinski definition) is 1. The fourth-order valence-electron chi connectivity index (χ4n) is 3.37. The summed E-state index contributed by atoms with van der Waals surface area (Å²) in [6.07, 6.45) is 3.76. The molecule has 0 aliphatic heterocycles. The van der Waals surface area contributed by atoms with Crippen LogP contribution >= 0.6 is 0 Å². The molecular formula is C25H24N4O2. The Kier molecular flexibility index (Phi) is 5.80. The number of ether oxygens (including phenoxy) is 1. The highest BCUT2D eigenvalue weighted by atomic mass is 16.5. The molecule has 0 radical (unpaired) electrons. The van der Waals surface area contributed by atoms with Gasteiger partial charge in [-0.15, -0.1) is 0 Å². The van der Waals surface area contributed by atoms with Gasteiger partial charge in [-0.3, -0.25) is 0 Å². The molecule has 156 valence electrons. The Morgan fingerprint density at radius 3 is 2.65 bits per heavy atom. The second-order valence-electron chi connectivity index (χ2n) is 7.17. The number of hydrogen-bond acceptors (Lipinski definition) is 6. The fraction of sp³-hybridized carbons (Fsp3) is 0.160. The summed E-state index contributed by atoms with van der Waals surface area (Å²) < 4.78 is 11.3. The number of methoxy groups -OCH3 is 1. The predicted octanol–water partition coefficient (Wildman–Crippen LogP) is 5.39. The number of benzene rings is 2. The zero-order valence-electron chi connectivity index (χ0n) is 18.0. The summed E-state index contributed by atoms with van der Waals surface area (Å²) in [4.78, 5) is 9.03. The fourth-order valence-corrected chi connectivity index (χ4v) is 3.37. The van der Waals surface area contributed by atoms with Crippen molar-refractivity contribution in [3.8, 4) is 17.1 Å². The van der Waals surface area contributed by atoms with Crippen molar-refractivity contribution in [3.63, 3.8) is 0 Å². The minimum atomic E-state index is 0.406. The molecule has 31 heavy (non-hydrogen) atoms. The maximum absolute atomic E-state index is 5.72. The van der Waals surface area contributed by atoms with E-state index in [1.54, 1.807) is 13.3 Å². The molecule has 6 heteroatoms. The summed E-state index contributed by atoms with van der Waals surface area (Å²) in [6, 6.07) is 17.9. The van der Waals surface area contributed by atoms with E-state index in [1.807, 2.05) is 49.5 Å². The third kappa shape index (κ3) is 4.19. The Hall–Kier alpha value is -3.93. The normalized spacial score (nSPS) is 11.4. The van der Waals surface area contributed by atoms with E-state index in [9.17, 15) is 0 Å². The van der Waals surface area contributed by atoms with E-state index in [4.69, 9.17) is 14.2 Å². The molecule has 0 atom stereocenters. The zero-order chi connectivity index (χ0) is 21.8. The molecular weight excluding hydrogens is 388 g/mol. The molecule has 0 aliphatic carbocycles. The molecule has 0 saturated carbocycles. The average molecular weight is 412 g/mol. The van der Waals surface area contributed by atoms with Crippen LogP contribution in [0.1, 0.15) is 28.1 Å². The number of nitrogens with zero attached hydrogens (tertiary/aromatic N) is 3. The van der Waals surface area contributed by atoms with Gasteiger partial charge in [0.05, 0.1) is 18.2 Å². The van der Waals surface area contributed by atoms with E-state index in [2.05, 4.69) is 47.5 Å². The zero-order valence-corrected chi connectivity index (χ0v) is 18.0. The number of aromatic nitrogens is 3. The van der Waals surface area contributed by atoms with Gasteiger partial charge in [0.2, 0.25) is 5.82 Å². The Morgan fingerprint density at radius 1 is 1.03 bits per heavy atom. The Balaban J connectivity index is 1.87. The summed E-state index contributed by atoms with van der Waals surface area (Å²) in [7, 11) is 3.47. The minimum absolute atomic E-state index is 0.406. The van der Waals surface area contributed by atoms with Gasteiger partial charge >= 0.3 is 0 Å². The first-order valence-electron chi connectivity index (χ1n) is 10.00. The molecule has 4 rings (SSSR count). The van der Waals surface area contributed by atoms with Gasteiger partial charge in [-0.25, -0.2) is 4.98 Å². The van der Waals surface area contributed by atoms with Crippen LogP contribution < -0.4 is 10.1 Å². The van der Waals surface area contributed by atoms with Crippen LogP contribution in [0.4, 0.5) is 5.82 Å². The van der Waals surface area contributed by atoms with E-state index >= 15 is 0 Å². The van der Waals surface area contributed by atoms with Gasteiger partial charge < -0.3 is 14.6 Å². The minimum Gasteiger partial charge on any atom is -0.496 e. The molecule has 0 bridgehead atoms. The first-order valence-corrected chi connectivity index (χ1v) is 10.00. The summed E-state index contributed by atoms with van der Waals surface area (Å²) in [5.41, 5.74) is 5.93. The number of aryl methyl sites for hydroxylation is 2. The van der Waals surface area contributed by atoms with Crippen molar-refractivity contribution in [3.05, 3.63) is 88.9 Å². The van der Waals surface area contributed by atoms with E-state index in [0.717, 1.165) is 28.0 Å². The number of anilines is 1. The monoisotopic (exact) mass is 412 g/mol. The van der Waals surface area contributed by atoms with Crippen molar-refractivity contribution >= 4 is 17.5 Å². The van der Waals surface area contributed by atoms with Gasteiger partial charge in [-0.05, 0) is 54.8 Å². The van der Waals surface area contributed by atoms with Crippen LogP contribution in [-0.4, -0.2) is 29.3 Å². The highest BCUT2D eigenvalue weighted by Crippen LogP contribution is 2.33. The van der Waals surface area contributed by atoms with Crippen molar-refractivity contribution in [2.45, 2.75) is 13.8 Å². The van der Waals surface area contributed by atoms with Crippen molar-refractivity contribution in [1.29, 1.82) is 0 Å². The number of para-hydroxylation sites is 1. The Labute approximate surface area is 181 Å². The predicted molar refractivity (Wildman–Crippen MR) is 123 cm³/mol. The van der Waals surface area contributed by atoms with Gasteiger partial charge in [-0.1, -0.05) is 41.6 Å². The number of nitrogens with one attached hydrogen (secondary N) is 1. The summed E-state index contributed by atoms with van der Waals surface area (Å²) in [5, 5.41) is 7.29. The van der Waals surface area contributed by atoms with Gasteiger partial charge in [0, 0.05) is 18.8 Å². The molecule has 0 fully saturated rings. The lowest BCUT2D eigenvalue weighted by Crippen LogP contribution is -1.96. The third-order valence-electron chi connectivity index (χ3n) is 5.18. The van der Waals surface area contributed by atoms with E-state index in [-0.39, 0.29) is 0 Å². The molecule has 2 aromatic heterocycles. The second kappa shape index (κ2) is 8.83. The van der Waals surface area contributed by atoms with Crippen LogP contribution in [0.15, 0.2) is 65.3 Å². The van der Waals surface area contributed by atoms with Crippen LogP contribution in [0.3, 0.4) is 0 Å². The lowest BCUT2D eigenvalue weighted by atomic mass is 9.99. The van der Waals surface area contributed by atoms with Crippen LogP contribution in [0, 0.1) is 13.8 Å². The molecule has 4 aromatic rings. The third-order valence-corrected chi connectivity index (χ3v) is 5.18. The molecule has 0 amide bonds. The Bertz CT molecular complexity index is 1240. The Morgan fingerprint density at radius 2 is 1.87 bits per heavy atom. The van der Waals surface area contributed by atoms with Gasteiger partial charge in [0.15, 0.2) is 0 Å².